The second kappa shape index (κ2) is 5.76. The Hall–Kier alpha value is -2.67. The van der Waals surface area contributed by atoms with E-state index < -0.39 is 17.2 Å². The maximum atomic E-state index is 12.3. The van der Waals surface area contributed by atoms with Gasteiger partial charge >= 0.3 is 0 Å². The molecule has 0 saturated heterocycles. The van der Waals surface area contributed by atoms with Crippen molar-refractivity contribution in [2.75, 3.05) is 18.5 Å². The average Bonchev–Trinajstić information content (AvgIpc) is 2.80. The van der Waals surface area contributed by atoms with Crippen LogP contribution < -0.4 is 10.6 Å². The van der Waals surface area contributed by atoms with Crippen molar-refractivity contribution in [1.82, 2.24) is 10.2 Å². The number of imide groups is 1. The van der Waals surface area contributed by atoms with E-state index >= 15 is 0 Å². The summed E-state index contributed by atoms with van der Waals surface area (Å²) in [7, 11) is 0. The molecule has 0 radical (unpaired) electrons. The smallest absolute Gasteiger partial charge is 0.277 e. The summed E-state index contributed by atoms with van der Waals surface area (Å²) in [6, 6.07) is 5.52. The highest BCUT2D eigenvalue weighted by Gasteiger charge is 2.37. The predicted octanol–water partition coefficient (Wildman–Crippen LogP) is 0.251. The number of nitrogens with one attached hydrogen (secondary N) is 2. The van der Waals surface area contributed by atoms with Gasteiger partial charge in [0.05, 0.1) is 18.6 Å². The number of carbonyl (C=O) groups excluding carboxylic acids is 3. The van der Waals surface area contributed by atoms with Gasteiger partial charge in [-0.15, -0.1) is 0 Å². The molecule has 24 heavy (non-hydrogen) atoms. The molecule has 126 valence electrons. The molecule has 0 aromatic heterocycles. The molecule has 0 saturated carbocycles. The quantitative estimate of drug-likeness (QED) is 0.688. The van der Waals surface area contributed by atoms with Gasteiger partial charge in [-0.25, -0.2) is 0 Å². The Bertz CT molecular complexity index is 767. The van der Waals surface area contributed by atoms with Crippen molar-refractivity contribution in [2.24, 2.45) is 0 Å². The maximum Gasteiger partial charge on any atom is 0.277 e. The molecule has 0 unspecified atom stereocenters. The Labute approximate surface area is 139 Å². The second-order valence-electron chi connectivity index (χ2n) is 6.34. The molecule has 2 aliphatic rings. The van der Waals surface area contributed by atoms with E-state index in [1.54, 1.807) is 6.07 Å². The van der Waals surface area contributed by atoms with E-state index in [2.05, 4.69) is 10.6 Å². The van der Waals surface area contributed by atoms with E-state index in [0.717, 1.165) is 16.0 Å². The Kier molecular flexibility index (Phi) is 3.88. The van der Waals surface area contributed by atoms with Crippen LogP contribution in [-0.2, 0) is 26.3 Å². The van der Waals surface area contributed by atoms with Gasteiger partial charge in [0.15, 0.2) is 0 Å². The molecule has 1 aromatic rings. The minimum Gasteiger partial charge on any atom is -0.395 e. The van der Waals surface area contributed by atoms with Crippen molar-refractivity contribution in [2.45, 2.75) is 25.8 Å². The lowest BCUT2D eigenvalue weighted by Gasteiger charge is -2.33. The van der Waals surface area contributed by atoms with E-state index in [1.807, 2.05) is 26.0 Å². The number of carbonyl (C=O) groups is 3. The van der Waals surface area contributed by atoms with Gasteiger partial charge in [-0.1, -0.05) is 12.1 Å². The Morgan fingerprint density at radius 1 is 1.29 bits per heavy atom. The minimum atomic E-state index is -0.669. The number of aliphatic hydroxyl groups is 1. The van der Waals surface area contributed by atoms with Crippen LogP contribution in [0, 0.1) is 0 Å². The third kappa shape index (κ3) is 2.46. The average molecular weight is 329 g/mol. The molecule has 1 aromatic carbocycles. The van der Waals surface area contributed by atoms with Crippen molar-refractivity contribution in [3.05, 3.63) is 41.1 Å². The molecular formula is C17H19N3O4. The molecule has 0 aliphatic carbocycles. The van der Waals surface area contributed by atoms with Gasteiger partial charge in [0, 0.05) is 18.3 Å². The highest BCUT2D eigenvalue weighted by molar-refractivity contribution is 6.17. The molecule has 3 amide bonds. The van der Waals surface area contributed by atoms with Gasteiger partial charge in [0.25, 0.3) is 11.8 Å². The topological polar surface area (TPSA) is 98.7 Å². The van der Waals surface area contributed by atoms with Gasteiger partial charge in [-0.05, 0) is 31.0 Å². The van der Waals surface area contributed by atoms with Crippen LogP contribution >= 0.6 is 0 Å². The van der Waals surface area contributed by atoms with Crippen molar-refractivity contribution >= 4 is 23.4 Å². The lowest BCUT2D eigenvalue weighted by molar-refractivity contribution is -0.137. The fourth-order valence-electron chi connectivity index (χ4n) is 3.05. The maximum absolute atomic E-state index is 12.3. The van der Waals surface area contributed by atoms with Gasteiger partial charge in [0.1, 0.15) is 5.70 Å². The van der Waals surface area contributed by atoms with Crippen LogP contribution in [0.5, 0.6) is 0 Å². The molecule has 0 spiro atoms. The summed E-state index contributed by atoms with van der Waals surface area (Å²) < 4.78 is 0. The Morgan fingerprint density at radius 3 is 2.75 bits per heavy atom. The first-order valence-corrected chi connectivity index (χ1v) is 7.72. The van der Waals surface area contributed by atoms with Crippen molar-refractivity contribution in [3.8, 4) is 0 Å². The first-order chi connectivity index (χ1) is 11.4. The number of hydrogen-bond acceptors (Lipinski definition) is 5. The summed E-state index contributed by atoms with van der Waals surface area (Å²) in [5, 5.41) is 14.8. The second-order valence-corrected chi connectivity index (χ2v) is 6.34. The predicted molar refractivity (Wildman–Crippen MR) is 86.8 cm³/mol. The highest BCUT2D eigenvalue weighted by Crippen LogP contribution is 2.35. The number of nitrogens with zero attached hydrogens (tertiary/aromatic N) is 1. The molecule has 0 atom stereocenters. The van der Waals surface area contributed by atoms with Crippen LogP contribution in [0.25, 0.3) is 0 Å². The molecule has 7 heteroatoms. The zero-order valence-corrected chi connectivity index (χ0v) is 13.5. The number of β-amino-alcohol motifs (C(OH)–C–C–N with tert-alkyl or cyclic N) is 1. The number of benzene rings is 1. The fraction of sp³-hybridized carbons (Fsp3) is 0.353. The summed E-state index contributed by atoms with van der Waals surface area (Å²) >= 11 is 0. The number of aliphatic hydroxyl groups excluding tert-OH is 1. The number of fused-ring (bicyclic) bond motifs is 1. The molecule has 2 aliphatic heterocycles. The summed E-state index contributed by atoms with van der Waals surface area (Å²) in [5.41, 5.74) is 1.96. The summed E-state index contributed by atoms with van der Waals surface area (Å²) in [6.45, 7) is 3.73. The van der Waals surface area contributed by atoms with Gasteiger partial charge < -0.3 is 15.7 Å². The van der Waals surface area contributed by atoms with Crippen LogP contribution in [0.3, 0.4) is 0 Å². The highest BCUT2D eigenvalue weighted by atomic mass is 16.3. The molecule has 0 fully saturated rings. The number of hydrogen-bond donors (Lipinski definition) is 3. The number of amides is 3. The normalized spacial score (nSPS) is 19.0. The zero-order chi connectivity index (χ0) is 17.5. The summed E-state index contributed by atoms with van der Waals surface area (Å²) in [5.74, 6) is -0.964. The van der Waals surface area contributed by atoms with Crippen LogP contribution in [0.15, 0.2) is 30.0 Å². The zero-order valence-electron chi connectivity index (χ0n) is 13.5. The van der Waals surface area contributed by atoms with E-state index in [0.29, 0.717) is 12.2 Å². The van der Waals surface area contributed by atoms with Crippen LogP contribution in [0.1, 0.15) is 25.0 Å². The van der Waals surface area contributed by atoms with Crippen LogP contribution in [-0.4, -0.2) is 40.9 Å². The van der Waals surface area contributed by atoms with E-state index in [-0.39, 0.29) is 24.8 Å². The third-order valence-electron chi connectivity index (χ3n) is 4.45. The Balaban J connectivity index is 1.92. The van der Waals surface area contributed by atoms with Crippen molar-refractivity contribution in [1.29, 1.82) is 0 Å². The first-order valence-electron chi connectivity index (χ1n) is 7.72. The molecular weight excluding hydrogens is 310 g/mol. The lowest BCUT2D eigenvalue weighted by atomic mass is 9.78. The summed E-state index contributed by atoms with van der Waals surface area (Å²) in [6.07, 6.45) is 1.23. The summed E-state index contributed by atoms with van der Waals surface area (Å²) in [4.78, 5) is 37.1. The van der Waals surface area contributed by atoms with Crippen LogP contribution in [0.2, 0.25) is 0 Å². The monoisotopic (exact) mass is 329 g/mol. The molecule has 2 heterocycles. The third-order valence-corrected chi connectivity index (χ3v) is 4.45. The lowest BCUT2D eigenvalue weighted by Crippen LogP contribution is -2.45. The van der Waals surface area contributed by atoms with E-state index in [4.69, 9.17) is 5.11 Å². The Morgan fingerprint density at radius 2 is 2.04 bits per heavy atom. The molecule has 0 bridgehead atoms. The number of rotatable bonds is 4. The fourth-order valence-corrected chi connectivity index (χ4v) is 3.05. The van der Waals surface area contributed by atoms with Gasteiger partial charge in [0.2, 0.25) is 5.91 Å². The number of anilines is 1. The van der Waals surface area contributed by atoms with Crippen LogP contribution in [0.4, 0.5) is 5.69 Å². The first kappa shape index (κ1) is 16.2. The standard InChI is InChI=1S/C17H19N3O4/c1-17(2)11-4-3-5-12(10(11)9-18-16(17)24)19-13-8-14(22)20(6-7-21)15(13)23/h3-5,8,19,21H,6-7,9H2,1-2H3,(H,18,24). The van der Waals surface area contributed by atoms with Crippen molar-refractivity contribution in [3.63, 3.8) is 0 Å². The van der Waals surface area contributed by atoms with Crippen molar-refractivity contribution < 1.29 is 19.5 Å². The molecule has 7 nitrogen and oxygen atoms in total. The van der Waals surface area contributed by atoms with E-state index in [9.17, 15) is 14.4 Å². The van der Waals surface area contributed by atoms with Gasteiger partial charge in [-0.3, -0.25) is 19.3 Å². The molecule has 3 rings (SSSR count). The molecule has 3 N–H and O–H groups in total. The minimum absolute atomic E-state index is 0.0324. The van der Waals surface area contributed by atoms with Gasteiger partial charge in [-0.2, -0.15) is 0 Å². The SMILES string of the molecule is CC1(C)C(=O)NCc2c(NC3=CC(=O)N(CCO)C3=O)cccc21. The largest absolute Gasteiger partial charge is 0.395 e. The van der Waals surface area contributed by atoms with E-state index in [1.165, 1.54) is 6.08 Å².